The van der Waals surface area contributed by atoms with Crippen LogP contribution in [0.2, 0.25) is 0 Å². The molecular formula is C24H35N5O5S. The minimum Gasteiger partial charge on any atom is -0.480 e. The van der Waals surface area contributed by atoms with E-state index in [1.807, 2.05) is 36.7 Å². The first-order chi connectivity index (χ1) is 16.5. The molecule has 0 aliphatic heterocycles. The molecule has 0 saturated carbocycles. The van der Waals surface area contributed by atoms with Crippen molar-refractivity contribution in [3.63, 3.8) is 0 Å². The third kappa shape index (κ3) is 8.00. The van der Waals surface area contributed by atoms with Crippen LogP contribution in [0.3, 0.4) is 0 Å². The SMILES string of the molecule is CSCCC(NC(=O)C(N)Cc1c[nH]c2ccccc12)C(=O)NC(C)C(=O)NC(C(=O)O)C(C)C. The largest absolute Gasteiger partial charge is 0.480 e. The summed E-state index contributed by atoms with van der Waals surface area (Å²) in [4.78, 5) is 52.7. The summed E-state index contributed by atoms with van der Waals surface area (Å²) in [5, 5.41) is 18.0. The molecular weight excluding hydrogens is 470 g/mol. The van der Waals surface area contributed by atoms with Crippen molar-refractivity contribution in [3.05, 3.63) is 36.0 Å². The fraction of sp³-hybridized carbons (Fsp3) is 0.500. The van der Waals surface area contributed by atoms with E-state index >= 15 is 0 Å². The molecule has 1 heterocycles. The van der Waals surface area contributed by atoms with Gasteiger partial charge in [0.25, 0.3) is 0 Å². The fourth-order valence-corrected chi connectivity index (χ4v) is 4.06. The van der Waals surface area contributed by atoms with Gasteiger partial charge in [-0.1, -0.05) is 32.0 Å². The molecule has 192 valence electrons. The van der Waals surface area contributed by atoms with Gasteiger partial charge in [0, 0.05) is 17.1 Å². The molecule has 0 saturated heterocycles. The van der Waals surface area contributed by atoms with E-state index in [4.69, 9.17) is 5.73 Å². The van der Waals surface area contributed by atoms with Crippen LogP contribution in [0.4, 0.5) is 0 Å². The minimum atomic E-state index is -1.15. The van der Waals surface area contributed by atoms with Crippen LogP contribution in [0.1, 0.15) is 32.8 Å². The standard InChI is InChI=1S/C24H35N5O5S/c1-13(2)20(24(33)34)29-21(30)14(3)27-23(32)19(9-10-35-4)28-22(31)17(25)11-15-12-26-18-8-6-5-7-16(15)18/h5-8,12-14,17,19-20,26H,9-11,25H2,1-4H3,(H,27,32)(H,28,31)(H,29,30)(H,33,34). The number of thioether (sulfide) groups is 1. The van der Waals surface area contributed by atoms with Gasteiger partial charge in [-0.2, -0.15) is 11.8 Å². The second kappa shape index (κ2) is 13.1. The van der Waals surface area contributed by atoms with E-state index in [-0.39, 0.29) is 12.3 Å². The molecule has 10 nitrogen and oxygen atoms in total. The van der Waals surface area contributed by atoms with Gasteiger partial charge in [0.2, 0.25) is 17.7 Å². The summed E-state index contributed by atoms with van der Waals surface area (Å²) >= 11 is 1.52. The van der Waals surface area contributed by atoms with Crippen LogP contribution in [-0.4, -0.2) is 70.0 Å². The lowest BCUT2D eigenvalue weighted by Gasteiger charge is -2.24. The first-order valence-electron chi connectivity index (χ1n) is 11.5. The van der Waals surface area contributed by atoms with E-state index in [1.165, 1.54) is 18.7 Å². The number of carboxylic acid groups (broad SMARTS) is 1. The number of hydrogen-bond donors (Lipinski definition) is 6. The van der Waals surface area contributed by atoms with Gasteiger partial charge < -0.3 is 31.8 Å². The Hall–Kier alpha value is -3.05. The topological polar surface area (TPSA) is 166 Å². The summed E-state index contributed by atoms with van der Waals surface area (Å²) in [7, 11) is 0. The maximum atomic E-state index is 12.9. The van der Waals surface area contributed by atoms with E-state index in [2.05, 4.69) is 20.9 Å². The molecule has 0 bridgehead atoms. The number of carbonyl (C=O) groups is 4. The van der Waals surface area contributed by atoms with E-state index in [0.29, 0.717) is 12.2 Å². The van der Waals surface area contributed by atoms with Crippen LogP contribution in [0, 0.1) is 5.92 Å². The number of carbonyl (C=O) groups excluding carboxylic acids is 3. The normalized spacial score (nSPS) is 14.7. The summed E-state index contributed by atoms with van der Waals surface area (Å²) in [6.45, 7) is 4.81. The third-order valence-corrected chi connectivity index (χ3v) is 6.32. The van der Waals surface area contributed by atoms with Crippen molar-refractivity contribution in [1.82, 2.24) is 20.9 Å². The molecule has 0 fully saturated rings. The Bertz CT molecular complexity index is 1040. The number of para-hydroxylation sites is 1. The summed E-state index contributed by atoms with van der Waals surface area (Å²) in [6, 6.07) is 3.88. The average molecular weight is 506 g/mol. The maximum absolute atomic E-state index is 12.9. The summed E-state index contributed by atoms with van der Waals surface area (Å²) < 4.78 is 0. The third-order valence-electron chi connectivity index (χ3n) is 5.68. The Morgan fingerprint density at radius 1 is 1.03 bits per heavy atom. The van der Waals surface area contributed by atoms with E-state index in [1.54, 1.807) is 13.8 Å². The van der Waals surface area contributed by atoms with Crippen molar-refractivity contribution in [3.8, 4) is 0 Å². The van der Waals surface area contributed by atoms with Gasteiger partial charge in [0.15, 0.2) is 0 Å². The second-order valence-electron chi connectivity index (χ2n) is 8.81. The van der Waals surface area contributed by atoms with Crippen molar-refractivity contribution >= 4 is 46.4 Å². The van der Waals surface area contributed by atoms with Crippen LogP contribution in [0.15, 0.2) is 30.5 Å². The van der Waals surface area contributed by atoms with Gasteiger partial charge in [-0.3, -0.25) is 14.4 Å². The Balaban J connectivity index is 2.01. The number of amides is 3. The number of benzene rings is 1. The van der Waals surface area contributed by atoms with Gasteiger partial charge in [-0.25, -0.2) is 4.79 Å². The van der Waals surface area contributed by atoms with Crippen molar-refractivity contribution < 1.29 is 24.3 Å². The molecule has 1 aromatic heterocycles. The van der Waals surface area contributed by atoms with Gasteiger partial charge >= 0.3 is 5.97 Å². The highest BCUT2D eigenvalue weighted by molar-refractivity contribution is 7.98. The molecule has 1 aromatic carbocycles. The minimum absolute atomic E-state index is 0.289. The number of nitrogens with two attached hydrogens (primary N) is 1. The predicted octanol–water partition coefficient (Wildman–Crippen LogP) is 1.01. The number of rotatable bonds is 13. The molecule has 0 spiro atoms. The number of hydrogen-bond acceptors (Lipinski definition) is 6. The number of H-pyrrole nitrogens is 1. The second-order valence-corrected chi connectivity index (χ2v) is 9.80. The van der Waals surface area contributed by atoms with Gasteiger partial charge in [-0.05, 0) is 49.3 Å². The number of aliphatic carboxylic acids is 1. The summed E-state index contributed by atoms with van der Waals surface area (Å²) in [5.74, 6) is -2.51. The van der Waals surface area contributed by atoms with Crippen LogP contribution in [0.5, 0.6) is 0 Å². The van der Waals surface area contributed by atoms with Crippen LogP contribution in [-0.2, 0) is 25.6 Å². The van der Waals surface area contributed by atoms with E-state index < -0.39 is 47.9 Å². The molecule has 2 rings (SSSR count). The molecule has 0 radical (unpaired) electrons. The number of carboxylic acids is 1. The van der Waals surface area contributed by atoms with Gasteiger partial charge in [-0.15, -0.1) is 0 Å². The van der Waals surface area contributed by atoms with Crippen molar-refractivity contribution in [2.45, 2.75) is 57.8 Å². The molecule has 7 N–H and O–H groups in total. The Morgan fingerprint density at radius 3 is 2.34 bits per heavy atom. The highest BCUT2D eigenvalue weighted by atomic mass is 32.2. The molecule has 4 unspecified atom stereocenters. The molecule has 0 aliphatic rings. The fourth-order valence-electron chi connectivity index (χ4n) is 3.58. The molecule has 35 heavy (non-hydrogen) atoms. The average Bonchev–Trinajstić information content (AvgIpc) is 3.21. The zero-order valence-electron chi connectivity index (χ0n) is 20.5. The van der Waals surface area contributed by atoms with Crippen molar-refractivity contribution in [2.24, 2.45) is 11.7 Å². The highest BCUT2D eigenvalue weighted by Crippen LogP contribution is 2.18. The maximum Gasteiger partial charge on any atom is 0.326 e. The first kappa shape index (κ1) is 28.2. The van der Waals surface area contributed by atoms with Crippen LogP contribution < -0.4 is 21.7 Å². The summed E-state index contributed by atoms with van der Waals surface area (Å²) in [5.41, 5.74) is 8.00. The number of fused-ring (bicyclic) bond motifs is 1. The predicted molar refractivity (Wildman–Crippen MR) is 137 cm³/mol. The zero-order chi connectivity index (χ0) is 26.1. The van der Waals surface area contributed by atoms with E-state index in [9.17, 15) is 24.3 Å². The molecule has 0 aliphatic carbocycles. The quantitative estimate of drug-likeness (QED) is 0.236. The lowest BCUT2D eigenvalue weighted by molar-refractivity contribution is -0.143. The monoisotopic (exact) mass is 505 g/mol. The first-order valence-corrected chi connectivity index (χ1v) is 12.9. The smallest absolute Gasteiger partial charge is 0.326 e. The molecule has 2 aromatic rings. The van der Waals surface area contributed by atoms with Gasteiger partial charge in [0.05, 0.1) is 6.04 Å². The summed E-state index contributed by atoms with van der Waals surface area (Å²) in [6.07, 6.45) is 4.33. The molecule has 11 heteroatoms. The number of nitrogens with one attached hydrogen (secondary N) is 4. The zero-order valence-corrected chi connectivity index (χ0v) is 21.3. The lowest BCUT2D eigenvalue weighted by atomic mass is 10.0. The van der Waals surface area contributed by atoms with E-state index in [0.717, 1.165) is 16.5 Å². The lowest BCUT2D eigenvalue weighted by Crippen LogP contribution is -2.57. The van der Waals surface area contributed by atoms with Gasteiger partial charge in [0.1, 0.15) is 18.1 Å². The van der Waals surface area contributed by atoms with Crippen molar-refractivity contribution in [1.29, 1.82) is 0 Å². The van der Waals surface area contributed by atoms with Crippen LogP contribution >= 0.6 is 11.8 Å². The number of aromatic nitrogens is 1. The Morgan fingerprint density at radius 2 is 1.71 bits per heavy atom. The Kier molecular flexibility index (Phi) is 10.6. The van der Waals surface area contributed by atoms with Crippen molar-refractivity contribution in [2.75, 3.05) is 12.0 Å². The Labute approximate surface area is 209 Å². The van der Waals surface area contributed by atoms with Crippen LogP contribution in [0.25, 0.3) is 10.9 Å². The number of aromatic amines is 1. The molecule has 3 amide bonds. The molecule has 4 atom stereocenters. The highest BCUT2D eigenvalue weighted by Gasteiger charge is 2.29.